The van der Waals surface area contributed by atoms with Crippen molar-refractivity contribution in [2.45, 2.75) is 6.92 Å². The van der Waals surface area contributed by atoms with Crippen molar-refractivity contribution in [1.82, 2.24) is 9.97 Å². The van der Waals surface area contributed by atoms with Gasteiger partial charge in [0.05, 0.1) is 0 Å². The van der Waals surface area contributed by atoms with E-state index in [-0.39, 0.29) is 11.6 Å². The second-order valence-corrected chi connectivity index (χ2v) is 4.07. The van der Waals surface area contributed by atoms with Crippen LogP contribution in [0.1, 0.15) is 5.82 Å². The Labute approximate surface area is 105 Å². The van der Waals surface area contributed by atoms with Crippen LogP contribution in [0, 0.1) is 18.6 Å². The normalized spacial score (nSPS) is 10.4. The third-order valence-electron chi connectivity index (χ3n) is 1.89. The van der Waals surface area contributed by atoms with E-state index in [1.165, 1.54) is 6.07 Å². The Morgan fingerprint density at radius 3 is 2.65 bits per heavy atom. The zero-order chi connectivity index (χ0) is 12.4. The maximum Gasteiger partial charge on any atom is 0.223 e. The van der Waals surface area contributed by atoms with E-state index in [0.29, 0.717) is 10.4 Å². The summed E-state index contributed by atoms with van der Waals surface area (Å²) in [4.78, 5) is 7.92. The number of halogens is 3. The fourth-order valence-corrected chi connectivity index (χ4v) is 1.68. The number of aromatic nitrogens is 2. The molecule has 6 heteroatoms. The van der Waals surface area contributed by atoms with Gasteiger partial charge in [-0.15, -0.1) is 0 Å². The quantitative estimate of drug-likeness (QED) is 0.795. The van der Waals surface area contributed by atoms with Gasteiger partial charge in [0.2, 0.25) is 5.88 Å². The molecular weight excluding hydrogens is 294 g/mol. The van der Waals surface area contributed by atoms with Crippen molar-refractivity contribution in [2.24, 2.45) is 0 Å². The number of nitrogens with zero attached hydrogens (tertiary/aromatic N) is 2. The standard InChI is InChI=1S/C11H7BrF2N2O/c1-6-15-10(12)5-11(16-6)17-9-4-7(13)2-3-8(9)14/h2-5H,1H3. The van der Waals surface area contributed by atoms with E-state index in [2.05, 4.69) is 25.9 Å². The molecule has 88 valence electrons. The summed E-state index contributed by atoms with van der Waals surface area (Å²) in [5, 5.41) is 0. The molecule has 0 aliphatic rings. The first-order valence-corrected chi connectivity index (χ1v) is 5.48. The first kappa shape index (κ1) is 11.9. The van der Waals surface area contributed by atoms with Gasteiger partial charge >= 0.3 is 0 Å². The van der Waals surface area contributed by atoms with Crippen LogP contribution < -0.4 is 4.74 Å². The summed E-state index contributed by atoms with van der Waals surface area (Å²) >= 11 is 3.16. The van der Waals surface area contributed by atoms with Gasteiger partial charge in [-0.3, -0.25) is 0 Å². The highest BCUT2D eigenvalue weighted by molar-refractivity contribution is 9.10. The smallest absolute Gasteiger partial charge is 0.223 e. The van der Waals surface area contributed by atoms with E-state index >= 15 is 0 Å². The van der Waals surface area contributed by atoms with Crippen LogP contribution in [-0.4, -0.2) is 9.97 Å². The monoisotopic (exact) mass is 300 g/mol. The van der Waals surface area contributed by atoms with Gasteiger partial charge in [0.1, 0.15) is 16.2 Å². The molecule has 0 atom stereocenters. The fraction of sp³-hybridized carbons (Fsp3) is 0.0909. The molecule has 1 aromatic carbocycles. The maximum atomic E-state index is 13.3. The summed E-state index contributed by atoms with van der Waals surface area (Å²) in [5.41, 5.74) is 0. The van der Waals surface area contributed by atoms with Crippen LogP contribution in [0.3, 0.4) is 0 Å². The molecule has 1 aromatic heterocycles. The maximum absolute atomic E-state index is 13.3. The highest BCUT2D eigenvalue weighted by Crippen LogP contribution is 2.25. The molecule has 0 spiro atoms. The van der Waals surface area contributed by atoms with Gasteiger partial charge < -0.3 is 4.74 Å². The predicted molar refractivity (Wildman–Crippen MR) is 60.9 cm³/mol. The lowest BCUT2D eigenvalue weighted by atomic mass is 10.3. The zero-order valence-corrected chi connectivity index (χ0v) is 10.3. The molecule has 0 radical (unpaired) electrons. The van der Waals surface area contributed by atoms with E-state index in [9.17, 15) is 8.78 Å². The topological polar surface area (TPSA) is 35.0 Å². The van der Waals surface area contributed by atoms with Crippen LogP contribution >= 0.6 is 15.9 Å². The lowest BCUT2D eigenvalue weighted by molar-refractivity contribution is 0.420. The fourth-order valence-electron chi connectivity index (χ4n) is 1.23. The van der Waals surface area contributed by atoms with Crippen LogP contribution in [0.4, 0.5) is 8.78 Å². The van der Waals surface area contributed by atoms with E-state index in [1.54, 1.807) is 6.92 Å². The summed E-state index contributed by atoms with van der Waals surface area (Å²) in [6.45, 7) is 1.67. The second kappa shape index (κ2) is 4.75. The van der Waals surface area contributed by atoms with E-state index in [4.69, 9.17) is 4.74 Å². The Morgan fingerprint density at radius 1 is 1.18 bits per heavy atom. The van der Waals surface area contributed by atoms with Gasteiger partial charge in [-0.1, -0.05) is 0 Å². The van der Waals surface area contributed by atoms with Gasteiger partial charge in [0.25, 0.3) is 0 Å². The Hall–Kier alpha value is -1.56. The third kappa shape index (κ3) is 2.97. The molecule has 3 nitrogen and oxygen atoms in total. The average Bonchev–Trinajstić information content (AvgIpc) is 2.22. The van der Waals surface area contributed by atoms with Crippen LogP contribution in [0.2, 0.25) is 0 Å². The molecule has 0 unspecified atom stereocenters. The van der Waals surface area contributed by atoms with Gasteiger partial charge in [0, 0.05) is 12.1 Å². The summed E-state index contributed by atoms with van der Waals surface area (Å²) in [7, 11) is 0. The van der Waals surface area contributed by atoms with Crippen molar-refractivity contribution in [3.63, 3.8) is 0 Å². The molecule has 1 heterocycles. The number of hydrogen-bond acceptors (Lipinski definition) is 3. The Bertz CT molecular complexity index is 543. The number of ether oxygens (including phenoxy) is 1. The zero-order valence-electron chi connectivity index (χ0n) is 8.75. The predicted octanol–water partition coefficient (Wildman–Crippen LogP) is 3.62. The molecule has 0 bridgehead atoms. The summed E-state index contributed by atoms with van der Waals surface area (Å²) in [6.07, 6.45) is 0. The molecule has 0 saturated heterocycles. The minimum atomic E-state index is -0.654. The molecule has 0 aliphatic carbocycles. The molecule has 17 heavy (non-hydrogen) atoms. The van der Waals surface area contributed by atoms with Crippen LogP contribution in [0.25, 0.3) is 0 Å². The number of benzene rings is 1. The molecule has 0 aliphatic heterocycles. The van der Waals surface area contributed by atoms with Gasteiger partial charge in [-0.2, -0.15) is 4.98 Å². The first-order chi connectivity index (χ1) is 8.04. The van der Waals surface area contributed by atoms with Crippen molar-refractivity contribution in [3.8, 4) is 11.6 Å². The molecule has 2 rings (SSSR count). The van der Waals surface area contributed by atoms with Crippen molar-refractivity contribution in [1.29, 1.82) is 0 Å². The Kier molecular flexibility index (Phi) is 3.33. The van der Waals surface area contributed by atoms with Crippen molar-refractivity contribution in [3.05, 3.63) is 46.3 Å². The van der Waals surface area contributed by atoms with Crippen molar-refractivity contribution >= 4 is 15.9 Å². The highest BCUT2D eigenvalue weighted by Gasteiger charge is 2.08. The third-order valence-corrected chi connectivity index (χ3v) is 2.30. The van der Waals surface area contributed by atoms with Crippen molar-refractivity contribution in [2.75, 3.05) is 0 Å². The van der Waals surface area contributed by atoms with Gasteiger partial charge in [0.15, 0.2) is 11.6 Å². The highest BCUT2D eigenvalue weighted by atomic mass is 79.9. The minimum Gasteiger partial charge on any atom is -0.436 e. The summed E-state index contributed by atoms with van der Waals surface area (Å²) in [6, 6.07) is 4.44. The Balaban J connectivity index is 2.34. The van der Waals surface area contributed by atoms with Crippen LogP contribution in [-0.2, 0) is 0 Å². The summed E-state index contributed by atoms with van der Waals surface area (Å²) in [5.74, 6) is -0.833. The lowest BCUT2D eigenvalue weighted by Crippen LogP contribution is -1.95. The minimum absolute atomic E-state index is 0.147. The van der Waals surface area contributed by atoms with E-state index in [1.807, 2.05) is 0 Å². The number of aryl methyl sites for hydroxylation is 1. The lowest BCUT2D eigenvalue weighted by Gasteiger charge is -2.06. The molecule has 0 amide bonds. The van der Waals surface area contributed by atoms with Crippen molar-refractivity contribution < 1.29 is 13.5 Å². The number of hydrogen-bond donors (Lipinski definition) is 0. The SMILES string of the molecule is Cc1nc(Br)cc(Oc2cc(F)ccc2F)n1. The molecule has 0 fully saturated rings. The second-order valence-electron chi connectivity index (χ2n) is 3.25. The summed E-state index contributed by atoms with van der Waals surface area (Å²) < 4.78 is 31.9. The Morgan fingerprint density at radius 2 is 1.94 bits per heavy atom. The average molecular weight is 301 g/mol. The van der Waals surface area contributed by atoms with Crippen LogP contribution in [0.5, 0.6) is 11.6 Å². The molecule has 0 N–H and O–H groups in total. The molecule has 2 aromatic rings. The number of rotatable bonds is 2. The van der Waals surface area contributed by atoms with Gasteiger partial charge in [-0.25, -0.2) is 13.8 Å². The van der Waals surface area contributed by atoms with E-state index in [0.717, 1.165) is 18.2 Å². The van der Waals surface area contributed by atoms with E-state index < -0.39 is 11.6 Å². The molecule has 0 saturated carbocycles. The van der Waals surface area contributed by atoms with Crippen LogP contribution in [0.15, 0.2) is 28.9 Å². The first-order valence-electron chi connectivity index (χ1n) is 4.69. The van der Waals surface area contributed by atoms with Gasteiger partial charge in [-0.05, 0) is 35.0 Å². The largest absolute Gasteiger partial charge is 0.436 e. The molecular formula is C11H7BrF2N2O.